The Bertz CT molecular complexity index is 1310. The molecule has 34 heavy (non-hydrogen) atoms. The molecular formula is C24H19N3O6S. The van der Waals surface area contributed by atoms with Crippen LogP contribution in [0.1, 0.15) is 15.2 Å². The zero-order chi connectivity index (χ0) is 24.2. The molecule has 3 N–H and O–H groups in total. The predicted octanol–water partition coefficient (Wildman–Crippen LogP) is 3.65. The molecule has 0 bridgehead atoms. The van der Waals surface area contributed by atoms with E-state index in [1.807, 2.05) is 5.38 Å². The fraction of sp³-hybridized carbons (Fsp3) is 0.0833. The van der Waals surface area contributed by atoms with Gasteiger partial charge in [-0.25, -0.2) is 14.5 Å². The highest BCUT2D eigenvalue weighted by atomic mass is 32.1. The lowest BCUT2D eigenvalue weighted by molar-refractivity contribution is -0.127. The smallest absolute Gasteiger partial charge is 0.335 e. The summed E-state index contributed by atoms with van der Waals surface area (Å²) in [5.41, 5.74) is 2.24. The third kappa shape index (κ3) is 4.97. The van der Waals surface area contributed by atoms with Gasteiger partial charge in [-0.2, -0.15) is 0 Å². The molecule has 4 rings (SSSR count). The van der Waals surface area contributed by atoms with Crippen LogP contribution in [0.15, 0.2) is 65.7 Å². The number of benzene rings is 2. The van der Waals surface area contributed by atoms with Gasteiger partial charge in [-0.3, -0.25) is 9.59 Å². The molecule has 3 aromatic rings. The molecule has 2 aromatic carbocycles. The number of carbonyl (C=O) groups excluding carboxylic acids is 3. The van der Waals surface area contributed by atoms with E-state index in [4.69, 9.17) is 4.74 Å². The average molecular weight is 477 g/mol. The number of nitrogens with one attached hydrogen (secondary N) is 2. The van der Waals surface area contributed by atoms with Crippen molar-refractivity contribution in [2.75, 3.05) is 19.0 Å². The SMILES string of the molecule is COc1ccc(NC(=O)CN2C(=O)N/C(=C\c3cc(-c4cccc(C(=O)O)c4)cs3)C2=O)cc1. The summed E-state index contributed by atoms with van der Waals surface area (Å²) in [6, 6.07) is 14.3. The highest BCUT2D eigenvalue weighted by molar-refractivity contribution is 7.11. The molecule has 1 fully saturated rings. The molecule has 0 spiro atoms. The highest BCUT2D eigenvalue weighted by Crippen LogP contribution is 2.28. The third-order valence-electron chi connectivity index (χ3n) is 4.99. The number of anilines is 1. The van der Waals surface area contributed by atoms with Gasteiger partial charge in [-0.15, -0.1) is 11.3 Å². The fourth-order valence-electron chi connectivity index (χ4n) is 3.29. The van der Waals surface area contributed by atoms with E-state index in [1.54, 1.807) is 48.5 Å². The van der Waals surface area contributed by atoms with Crippen LogP contribution >= 0.6 is 11.3 Å². The van der Waals surface area contributed by atoms with Crippen molar-refractivity contribution in [3.8, 4) is 16.9 Å². The lowest BCUT2D eigenvalue weighted by Crippen LogP contribution is -2.38. The van der Waals surface area contributed by atoms with Crippen LogP contribution in [-0.4, -0.2) is 47.5 Å². The zero-order valence-electron chi connectivity index (χ0n) is 17.9. The second-order valence-corrected chi connectivity index (χ2v) is 8.22. The number of amides is 4. The van der Waals surface area contributed by atoms with Crippen LogP contribution in [0.2, 0.25) is 0 Å². The zero-order valence-corrected chi connectivity index (χ0v) is 18.7. The van der Waals surface area contributed by atoms with Crippen LogP contribution in [0, 0.1) is 0 Å². The van der Waals surface area contributed by atoms with Crippen LogP contribution in [0.25, 0.3) is 17.2 Å². The molecule has 1 saturated heterocycles. The Balaban J connectivity index is 1.44. The molecule has 9 nitrogen and oxygen atoms in total. The number of hydrogen-bond acceptors (Lipinski definition) is 6. The second-order valence-electron chi connectivity index (χ2n) is 7.28. The van der Waals surface area contributed by atoms with Gasteiger partial charge >= 0.3 is 12.0 Å². The molecule has 1 aliphatic heterocycles. The molecule has 1 aliphatic rings. The molecule has 0 unspecified atom stereocenters. The Morgan fingerprint density at radius 2 is 1.88 bits per heavy atom. The Labute approximate surface area is 198 Å². The number of rotatable bonds is 7. The van der Waals surface area contributed by atoms with Crippen molar-refractivity contribution in [3.63, 3.8) is 0 Å². The van der Waals surface area contributed by atoms with Gasteiger partial charge in [-0.05, 0) is 65.0 Å². The number of carboxylic acid groups (broad SMARTS) is 1. The van der Waals surface area contributed by atoms with E-state index in [1.165, 1.54) is 30.6 Å². The number of carboxylic acids is 1. The number of nitrogens with zero attached hydrogens (tertiary/aromatic N) is 1. The standard InChI is InChI=1S/C24H19N3O6S/c1-33-18-7-5-17(6-8-18)25-21(28)12-27-22(29)20(26-24(27)32)11-19-10-16(13-34-19)14-3-2-4-15(9-14)23(30)31/h2-11,13H,12H2,1H3,(H,25,28)(H,26,32)(H,30,31)/b20-11-. The summed E-state index contributed by atoms with van der Waals surface area (Å²) in [5, 5.41) is 16.1. The molecule has 172 valence electrons. The summed E-state index contributed by atoms with van der Waals surface area (Å²) < 4.78 is 5.06. The highest BCUT2D eigenvalue weighted by Gasteiger charge is 2.35. The largest absolute Gasteiger partial charge is 0.497 e. The lowest BCUT2D eigenvalue weighted by atomic mass is 10.1. The number of hydrogen-bond donors (Lipinski definition) is 3. The number of imide groups is 1. The predicted molar refractivity (Wildman–Crippen MR) is 127 cm³/mol. The van der Waals surface area contributed by atoms with Gasteiger partial charge in [0.1, 0.15) is 18.0 Å². The minimum Gasteiger partial charge on any atom is -0.497 e. The summed E-state index contributed by atoms with van der Waals surface area (Å²) in [4.78, 5) is 50.0. The van der Waals surface area contributed by atoms with Crippen molar-refractivity contribution in [1.82, 2.24) is 10.2 Å². The first-order valence-electron chi connectivity index (χ1n) is 10.0. The van der Waals surface area contributed by atoms with Gasteiger partial charge in [0, 0.05) is 10.6 Å². The summed E-state index contributed by atoms with van der Waals surface area (Å²) >= 11 is 1.33. The van der Waals surface area contributed by atoms with Crippen LogP contribution in [0.3, 0.4) is 0 Å². The molecule has 1 aromatic heterocycles. The maximum Gasteiger partial charge on any atom is 0.335 e. The minimum atomic E-state index is -1.02. The normalized spacial score (nSPS) is 14.3. The molecule has 0 saturated carbocycles. The molecule has 0 radical (unpaired) electrons. The quantitative estimate of drug-likeness (QED) is 0.352. The minimum absolute atomic E-state index is 0.0509. The average Bonchev–Trinajstić information content (AvgIpc) is 3.40. The molecule has 10 heteroatoms. The van der Waals surface area contributed by atoms with E-state index < -0.39 is 30.4 Å². The molecule has 0 atom stereocenters. The summed E-state index contributed by atoms with van der Waals surface area (Å²) in [5.74, 6) is -1.52. The van der Waals surface area contributed by atoms with Crippen LogP contribution in [0.4, 0.5) is 10.5 Å². The van der Waals surface area contributed by atoms with E-state index >= 15 is 0 Å². The maximum absolute atomic E-state index is 12.7. The van der Waals surface area contributed by atoms with E-state index in [-0.39, 0.29) is 11.3 Å². The molecular weight excluding hydrogens is 458 g/mol. The summed E-state index contributed by atoms with van der Waals surface area (Å²) in [7, 11) is 1.53. The molecule has 0 aliphatic carbocycles. The van der Waals surface area contributed by atoms with Gasteiger partial charge in [0.15, 0.2) is 0 Å². The lowest BCUT2D eigenvalue weighted by Gasteiger charge is -2.12. The topological polar surface area (TPSA) is 125 Å². The van der Waals surface area contributed by atoms with Crippen LogP contribution < -0.4 is 15.4 Å². The van der Waals surface area contributed by atoms with Gasteiger partial charge in [0.05, 0.1) is 12.7 Å². The molecule has 4 amide bonds. The first-order chi connectivity index (χ1) is 16.3. The monoisotopic (exact) mass is 477 g/mol. The number of carbonyl (C=O) groups is 4. The van der Waals surface area contributed by atoms with Crippen molar-refractivity contribution in [3.05, 3.63) is 76.1 Å². The van der Waals surface area contributed by atoms with Crippen molar-refractivity contribution in [2.24, 2.45) is 0 Å². The second kappa shape index (κ2) is 9.59. The summed E-state index contributed by atoms with van der Waals surface area (Å²) in [6.07, 6.45) is 1.52. The third-order valence-corrected chi connectivity index (χ3v) is 5.87. The van der Waals surface area contributed by atoms with E-state index in [0.717, 1.165) is 16.0 Å². The van der Waals surface area contributed by atoms with Crippen LogP contribution in [0.5, 0.6) is 5.75 Å². The Morgan fingerprint density at radius 3 is 2.59 bits per heavy atom. The number of aromatic carboxylic acids is 1. The Morgan fingerprint density at radius 1 is 1.12 bits per heavy atom. The van der Waals surface area contributed by atoms with E-state index in [2.05, 4.69) is 10.6 Å². The number of methoxy groups -OCH3 is 1. The fourth-order valence-corrected chi connectivity index (χ4v) is 4.14. The number of urea groups is 1. The van der Waals surface area contributed by atoms with Crippen LogP contribution in [-0.2, 0) is 9.59 Å². The van der Waals surface area contributed by atoms with E-state index in [0.29, 0.717) is 16.3 Å². The first kappa shape index (κ1) is 22.7. The summed E-state index contributed by atoms with van der Waals surface area (Å²) in [6.45, 7) is -0.439. The maximum atomic E-state index is 12.7. The van der Waals surface area contributed by atoms with Crippen molar-refractivity contribution in [2.45, 2.75) is 0 Å². The van der Waals surface area contributed by atoms with Crippen molar-refractivity contribution < 1.29 is 29.0 Å². The van der Waals surface area contributed by atoms with Gasteiger partial charge in [0.25, 0.3) is 5.91 Å². The van der Waals surface area contributed by atoms with Gasteiger partial charge in [0.2, 0.25) is 5.91 Å². The number of ether oxygens (including phenoxy) is 1. The van der Waals surface area contributed by atoms with Gasteiger partial charge in [-0.1, -0.05) is 12.1 Å². The Hall–Kier alpha value is -4.44. The first-order valence-corrected chi connectivity index (χ1v) is 10.9. The number of thiophene rings is 1. The van der Waals surface area contributed by atoms with E-state index in [9.17, 15) is 24.3 Å². The Kier molecular flexibility index (Phi) is 6.42. The van der Waals surface area contributed by atoms with Gasteiger partial charge < -0.3 is 20.5 Å². The molecule has 2 heterocycles. The van der Waals surface area contributed by atoms with Crippen molar-refractivity contribution in [1.29, 1.82) is 0 Å². The van der Waals surface area contributed by atoms with Crippen molar-refractivity contribution >= 4 is 46.9 Å².